The summed E-state index contributed by atoms with van der Waals surface area (Å²) in [7, 11) is 0. The van der Waals surface area contributed by atoms with Gasteiger partial charge in [0.2, 0.25) is 0 Å². The van der Waals surface area contributed by atoms with E-state index in [0.717, 1.165) is 12.1 Å². The summed E-state index contributed by atoms with van der Waals surface area (Å²) >= 11 is 0. The van der Waals surface area contributed by atoms with Crippen LogP contribution in [0.5, 0.6) is 0 Å². The molecule has 6 nitrogen and oxygen atoms in total. The topological polar surface area (TPSA) is 78.9 Å². The van der Waals surface area contributed by atoms with Gasteiger partial charge in [0.25, 0.3) is 0 Å². The Hall–Kier alpha value is -2.15. The molecule has 0 aromatic heterocycles. The zero-order valence-corrected chi connectivity index (χ0v) is 10.9. The molecular formula is C13H15FN2O4. The molecule has 7 heteroatoms. The second kappa shape index (κ2) is 5.87. The first kappa shape index (κ1) is 14.3. The Morgan fingerprint density at radius 1 is 1.50 bits per heavy atom. The van der Waals surface area contributed by atoms with E-state index in [4.69, 9.17) is 9.84 Å². The summed E-state index contributed by atoms with van der Waals surface area (Å²) in [6, 6.07) is 3.01. The highest BCUT2D eigenvalue weighted by molar-refractivity contribution is 5.93. The number of benzene rings is 1. The highest BCUT2D eigenvalue weighted by atomic mass is 19.1. The zero-order valence-electron chi connectivity index (χ0n) is 10.9. The van der Waals surface area contributed by atoms with Gasteiger partial charge in [-0.15, -0.1) is 0 Å². The van der Waals surface area contributed by atoms with Crippen LogP contribution < -0.4 is 5.32 Å². The molecule has 1 saturated heterocycles. The first-order valence-electron chi connectivity index (χ1n) is 6.17. The number of aromatic carboxylic acids is 1. The zero-order chi connectivity index (χ0) is 14.7. The Bertz CT molecular complexity index is 535. The number of morpholine rings is 1. The summed E-state index contributed by atoms with van der Waals surface area (Å²) < 4.78 is 18.5. The number of halogens is 1. The molecule has 1 heterocycles. The van der Waals surface area contributed by atoms with E-state index < -0.39 is 17.3 Å². The van der Waals surface area contributed by atoms with E-state index in [1.165, 1.54) is 6.07 Å². The fourth-order valence-corrected chi connectivity index (χ4v) is 1.99. The maximum Gasteiger partial charge on any atom is 0.338 e. The minimum absolute atomic E-state index is 0.0665. The third-order valence-corrected chi connectivity index (χ3v) is 3.08. The van der Waals surface area contributed by atoms with Gasteiger partial charge in [0.15, 0.2) is 0 Å². The summed E-state index contributed by atoms with van der Waals surface area (Å²) in [5, 5.41) is 11.4. The van der Waals surface area contributed by atoms with Crippen LogP contribution in [0, 0.1) is 5.82 Å². The lowest BCUT2D eigenvalue weighted by molar-refractivity contribution is 0.0221. The van der Waals surface area contributed by atoms with Crippen LogP contribution >= 0.6 is 0 Å². The quantitative estimate of drug-likeness (QED) is 0.866. The summed E-state index contributed by atoms with van der Waals surface area (Å²) in [4.78, 5) is 24.5. The Kier molecular flexibility index (Phi) is 4.19. The number of carbonyl (C=O) groups is 2. The van der Waals surface area contributed by atoms with Gasteiger partial charge in [0.05, 0.1) is 24.8 Å². The molecule has 1 unspecified atom stereocenters. The summed E-state index contributed by atoms with van der Waals surface area (Å²) in [6.45, 7) is 3.23. The van der Waals surface area contributed by atoms with Crippen LogP contribution in [0.3, 0.4) is 0 Å². The second-order valence-electron chi connectivity index (χ2n) is 4.55. The largest absolute Gasteiger partial charge is 0.478 e. The normalized spacial score (nSPS) is 18.7. The lowest BCUT2D eigenvalue weighted by Crippen LogP contribution is -2.48. The van der Waals surface area contributed by atoms with Crippen molar-refractivity contribution in [1.82, 2.24) is 4.90 Å². The van der Waals surface area contributed by atoms with Gasteiger partial charge in [-0.05, 0) is 25.1 Å². The number of nitrogens with one attached hydrogen (secondary N) is 1. The standard InChI is InChI=1S/C13H15FN2O4/c1-8-7-20-5-4-16(8)13(19)15-9-2-3-11(14)10(6-9)12(17)18/h2-3,6,8H,4-5,7H2,1H3,(H,15,19)(H,17,18). The number of carboxylic acids is 1. The van der Waals surface area contributed by atoms with E-state index in [1.807, 2.05) is 6.92 Å². The molecule has 1 atom stereocenters. The van der Waals surface area contributed by atoms with Crippen molar-refractivity contribution in [2.75, 3.05) is 25.1 Å². The predicted molar refractivity (Wildman–Crippen MR) is 69.4 cm³/mol. The molecule has 0 bridgehead atoms. The van der Waals surface area contributed by atoms with Gasteiger partial charge in [-0.25, -0.2) is 14.0 Å². The van der Waals surface area contributed by atoms with Crippen LogP contribution in [0.2, 0.25) is 0 Å². The lowest BCUT2D eigenvalue weighted by Gasteiger charge is -2.33. The molecule has 0 saturated carbocycles. The number of amides is 2. The van der Waals surface area contributed by atoms with E-state index in [2.05, 4.69) is 5.32 Å². The van der Waals surface area contributed by atoms with Crippen LogP contribution in [0.25, 0.3) is 0 Å². The van der Waals surface area contributed by atoms with Crippen molar-refractivity contribution < 1.29 is 23.8 Å². The first-order chi connectivity index (χ1) is 9.49. The second-order valence-corrected chi connectivity index (χ2v) is 4.55. The average molecular weight is 282 g/mol. The third-order valence-electron chi connectivity index (χ3n) is 3.08. The van der Waals surface area contributed by atoms with E-state index >= 15 is 0 Å². The monoisotopic (exact) mass is 282 g/mol. The number of anilines is 1. The minimum atomic E-state index is -1.38. The van der Waals surface area contributed by atoms with Crippen molar-refractivity contribution in [3.63, 3.8) is 0 Å². The molecule has 108 valence electrons. The molecule has 2 N–H and O–H groups in total. The van der Waals surface area contributed by atoms with Gasteiger partial charge in [-0.2, -0.15) is 0 Å². The van der Waals surface area contributed by atoms with Gasteiger partial charge >= 0.3 is 12.0 Å². The third kappa shape index (κ3) is 3.05. The summed E-state index contributed by atoms with van der Waals surface area (Å²) in [5.41, 5.74) is -0.231. The highest BCUT2D eigenvalue weighted by Crippen LogP contribution is 2.16. The molecule has 20 heavy (non-hydrogen) atoms. The molecule has 0 radical (unpaired) electrons. The number of carbonyl (C=O) groups excluding carboxylic acids is 1. The van der Waals surface area contributed by atoms with E-state index in [9.17, 15) is 14.0 Å². The Morgan fingerprint density at radius 2 is 2.25 bits per heavy atom. The molecule has 1 aromatic rings. The van der Waals surface area contributed by atoms with Crippen molar-refractivity contribution in [1.29, 1.82) is 0 Å². The number of hydrogen-bond acceptors (Lipinski definition) is 3. The smallest absolute Gasteiger partial charge is 0.338 e. The molecular weight excluding hydrogens is 267 g/mol. The summed E-state index contributed by atoms with van der Waals surface area (Å²) in [5.74, 6) is -2.21. The molecule has 2 amide bonds. The molecule has 0 spiro atoms. The fraction of sp³-hybridized carbons (Fsp3) is 0.385. The summed E-state index contributed by atoms with van der Waals surface area (Å²) in [6.07, 6.45) is 0. The Labute approximate surface area is 115 Å². The first-order valence-corrected chi connectivity index (χ1v) is 6.17. The minimum Gasteiger partial charge on any atom is -0.478 e. The van der Waals surface area contributed by atoms with E-state index in [-0.39, 0.29) is 17.8 Å². The highest BCUT2D eigenvalue weighted by Gasteiger charge is 2.24. The van der Waals surface area contributed by atoms with Crippen LogP contribution in [0.4, 0.5) is 14.9 Å². The van der Waals surface area contributed by atoms with Crippen molar-refractivity contribution in [2.45, 2.75) is 13.0 Å². The Morgan fingerprint density at radius 3 is 2.90 bits per heavy atom. The van der Waals surface area contributed by atoms with Crippen molar-refractivity contribution in [2.24, 2.45) is 0 Å². The van der Waals surface area contributed by atoms with E-state index in [1.54, 1.807) is 4.90 Å². The number of nitrogens with zero attached hydrogens (tertiary/aromatic N) is 1. The van der Waals surface area contributed by atoms with Gasteiger partial charge in [-0.1, -0.05) is 0 Å². The van der Waals surface area contributed by atoms with Gasteiger partial charge < -0.3 is 20.1 Å². The number of urea groups is 1. The molecule has 1 aliphatic rings. The van der Waals surface area contributed by atoms with Crippen molar-refractivity contribution in [3.05, 3.63) is 29.6 Å². The van der Waals surface area contributed by atoms with Gasteiger partial charge in [0, 0.05) is 12.2 Å². The molecule has 0 aliphatic carbocycles. The maximum absolute atomic E-state index is 13.3. The van der Waals surface area contributed by atoms with Crippen LogP contribution in [-0.4, -0.2) is 47.8 Å². The lowest BCUT2D eigenvalue weighted by atomic mass is 10.2. The maximum atomic E-state index is 13.3. The number of ether oxygens (including phenoxy) is 1. The molecule has 1 aromatic carbocycles. The average Bonchev–Trinajstić information content (AvgIpc) is 2.41. The van der Waals surface area contributed by atoms with Crippen molar-refractivity contribution >= 4 is 17.7 Å². The van der Waals surface area contributed by atoms with E-state index in [0.29, 0.717) is 19.8 Å². The number of hydrogen-bond donors (Lipinski definition) is 2. The van der Waals surface area contributed by atoms with Gasteiger partial charge in [-0.3, -0.25) is 0 Å². The predicted octanol–water partition coefficient (Wildman–Crippen LogP) is 1.78. The number of rotatable bonds is 2. The SMILES string of the molecule is CC1COCCN1C(=O)Nc1ccc(F)c(C(=O)O)c1. The van der Waals surface area contributed by atoms with Crippen LogP contribution in [0.15, 0.2) is 18.2 Å². The van der Waals surface area contributed by atoms with Crippen LogP contribution in [-0.2, 0) is 4.74 Å². The molecule has 1 fully saturated rings. The van der Waals surface area contributed by atoms with Gasteiger partial charge in [0.1, 0.15) is 5.82 Å². The molecule has 2 rings (SSSR count). The number of carboxylic acid groups (broad SMARTS) is 1. The van der Waals surface area contributed by atoms with Crippen molar-refractivity contribution in [3.8, 4) is 0 Å². The Balaban J connectivity index is 2.11. The molecule has 1 aliphatic heterocycles. The fourth-order valence-electron chi connectivity index (χ4n) is 1.99. The van der Waals surface area contributed by atoms with Crippen LogP contribution in [0.1, 0.15) is 17.3 Å².